The number of unbranched alkanes of at least 4 members (excludes halogenated alkanes) is 1. The van der Waals surface area contributed by atoms with Crippen LogP contribution >= 0.6 is 0 Å². The predicted molar refractivity (Wildman–Crippen MR) is 48.0 cm³/mol. The average molecular weight is 138 g/mol. The molecule has 0 saturated heterocycles. The molecule has 0 fully saturated rings. The van der Waals surface area contributed by atoms with Crippen molar-refractivity contribution in [1.82, 2.24) is 0 Å². The lowest BCUT2D eigenvalue weighted by Gasteiger charge is -1.95. The van der Waals surface area contributed by atoms with Crippen LogP contribution in [0.4, 0.5) is 0 Å². The number of rotatable bonds is 5. The molecule has 0 aliphatic rings. The van der Waals surface area contributed by atoms with Gasteiger partial charge in [0.15, 0.2) is 0 Å². The lowest BCUT2D eigenvalue weighted by molar-refractivity contribution is 0.662. The van der Waals surface area contributed by atoms with Crippen molar-refractivity contribution in [3.63, 3.8) is 0 Å². The molecule has 0 unspecified atom stereocenters. The number of allylic oxidation sites excluding steroid dienone is 3. The summed E-state index contributed by atoms with van der Waals surface area (Å²) < 4.78 is 0. The third-order valence-electron chi connectivity index (χ3n) is 1.31. The molecule has 58 valence electrons. The van der Waals surface area contributed by atoms with Crippen LogP contribution in [0.5, 0.6) is 0 Å². The molecule has 0 spiro atoms. The second kappa shape index (κ2) is 6.60. The highest BCUT2D eigenvalue weighted by Gasteiger charge is 1.85. The van der Waals surface area contributed by atoms with Crippen LogP contribution in [-0.4, -0.2) is 0 Å². The van der Waals surface area contributed by atoms with E-state index in [9.17, 15) is 0 Å². The predicted octanol–water partition coefficient (Wildman–Crippen LogP) is 3.55. The summed E-state index contributed by atoms with van der Waals surface area (Å²) >= 11 is 0. The van der Waals surface area contributed by atoms with Crippen LogP contribution in [0.25, 0.3) is 0 Å². The molecule has 0 heterocycles. The Morgan fingerprint density at radius 2 is 1.90 bits per heavy atom. The Morgan fingerprint density at radius 3 is 2.40 bits per heavy atom. The zero-order valence-corrected chi connectivity index (χ0v) is 7.14. The summed E-state index contributed by atoms with van der Waals surface area (Å²) in [6.07, 6.45) is 9.91. The Bertz CT molecular complexity index is 98.6. The van der Waals surface area contributed by atoms with Gasteiger partial charge in [0.05, 0.1) is 0 Å². The molecule has 0 aromatic heterocycles. The molecule has 0 radical (unpaired) electrons. The van der Waals surface area contributed by atoms with E-state index in [-0.39, 0.29) is 0 Å². The van der Waals surface area contributed by atoms with Gasteiger partial charge >= 0.3 is 0 Å². The largest absolute Gasteiger partial charge is 0.103 e. The van der Waals surface area contributed by atoms with Gasteiger partial charge in [0.1, 0.15) is 0 Å². The Balaban J connectivity index is 3.11. The van der Waals surface area contributed by atoms with Crippen LogP contribution in [0.15, 0.2) is 24.8 Å². The van der Waals surface area contributed by atoms with E-state index >= 15 is 0 Å². The first-order valence-electron chi connectivity index (χ1n) is 4.03. The highest BCUT2D eigenvalue weighted by molar-refractivity contribution is 4.84. The topological polar surface area (TPSA) is 0 Å². The van der Waals surface area contributed by atoms with Crippen molar-refractivity contribution in [3.8, 4) is 0 Å². The van der Waals surface area contributed by atoms with Crippen LogP contribution in [-0.2, 0) is 0 Å². The summed E-state index contributed by atoms with van der Waals surface area (Å²) in [4.78, 5) is 0. The van der Waals surface area contributed by atoms with Crippen LogP contribution in [0, 0.1) is 5.92 Å². The van der Waals surface area contributed by atoms with Gasteiger partial charge in [0.25, 0.3) is 0 Å². The van der Waals surface area contributed by atoms with Crippen molar-refractivity contribution in [1.29, 1.82) is 0 Å². The maximum Gasteiger partial charge on any atom is -0.0316 e. The standard InChI is InChI=1S/C10H18/c1-4-5-6-7-8-9-10(2)3/h4,7-8,10H,1,5-6,9H2,2-3H3. The Morgan fingerprint density at radius 1 is 1.20 bits per heavy atom. The van der Waals surface area contributed by atoms with Crippen molar-refractivity contribution in [2.45, 2.75) is 33.1 Å². The van der Waals surface area contributed by atoms with Gasteiger partial charge in [-0.15, -0.1) is 6.58 Å². The van der Waals surface area contributed by atoms with Crippen LogP contribution in [0.1, 0.15) is 33.1 Å². The molecule has 0 aromatic rings. The van der Waals surface area contributed by atoms with Gasteiger partial charge in [-0.1, -0.05) is 32.1 Å². The molecule has 0 bridgehead atoms. The molecule has 0 heteroatoms. The number of hydrogen-bond acceptors (Lipinski definition) is 0. The highest BCUT2D eigenvalue weighted by Crippen LogP contribution is 2.01. The maximum absolute atomic E-state index is 3.66. The highest BCUT2D eigenvalue weighted by atomic mass is 13.9. The fraction of sp³-hybridized carbons (Fsp3) is 0.600. The monoisotopic (exact) mass is 138 g/mol. The van der Waals surface area contributed by atoms with E-state index in [0.717, 1.165) is 18.8 Å². The normalized spacial score (nSPS) is 11.1. The SMILES string of the molecule is C=CCCC=CCC(C)C. The Labute approximate surface area is 64.6 Å². The first-order chi connectivity index (χ1) is 4.77. The van der Waals surface area contributed by atoms with Gasteiger partial charge in [-0.25, -0.2) is 0 Å². The van der Waals surface area contributed by atoms with Crippen LogP contribution in [0.3, 0.4) is 0 Å². The molecule has 0 aliphatic carbocycles. The van der Waals surface area contributed by atoms with Crippen LogP contribution < -0.4 is 0 Å². The van der Waals surface area contributed by atoms with E-state index in [0.29, 0.717) is 0 Å². The van der Waals surface area contributed by atoms with Gasteiger partial charge in [0, 0.05) is 0 Å². The minimum absolute atomic E-state index is 0.792. The number of hydrogen-bond donors (Lipinski definition) is 0. The van der Waals surface area contributed by atoms with Gasteiger partial charge in [-0.2, -0.15) is 0 Å². The molecule has 0 atom stereocenters. The van der Waals surface area contributed by atoms with Crippen molar-refractivity contribution < 1.29 is 0 Å². The zero-order valence-electron chi connectivity index (χ0n) is 7.14. The second-order valence-electron chi connectivity index (χ2n) is 2.97. The second-order valence-corrected chi connectivity index (χ2v) is 2.97. The molecular formula is C10H18. The average Bonchev–Trinajstić information content (AvgIpc) is 1.87. The summed E-state index contributed by atoms with van der Waals surface area (Å²) in [6, 6.07) is 0. The van der Waals surface area contributed by atoms with Crippen molar-refractivity contribution in [3.05, 3.63) is 24.8 Å². The van der Waals surface area contributed by atoms with Gasteiger partial charge in [0.2, 0.25) is 0 Å². The minimum atomic E-state index is 0.792. The van der Waals surface area contributed by atoms with Gasteiger partial charge < -0.3 is 0 Å². The van der Waals surface area contributed by atoms with Crippen molar-refractivity contribution in [2.75, 3.05) is 0 Å². The van der Waals surface area contributed by atoms with E-state index in [1.54, 1.807) is 0 Å². The molecular weight excluding hydrogens is 120 g/mol. The molecule has 0 saturated carbocycles. The first kappa shape index (κ1) is 9.48. The minimum Gasteiger partial charge on any atom is -0.103 e. The molecule has 10 heavy (non-hydrogen) atoms. The lowest BCUT2D eigenvalue weighted by Crippen LogP contribution is -1.80. The molecule has 0 N–H and O–H groups in total. The van der Waals surface area contributed by atoms with E-state index in [4.69, 9.17) is 0 Å². The van der Waals surface area contributed by atoms with Gasteiger partial charge in [-0.05, 0) is 25.2 Å². The van der Waals surface area contributed by atoms with Gasteiger partial charge in [-0.3, -0.25) is 0 Å². The Kier molecular flexibility index (Phi) is 6.25. The van der Waals surface area contributed by atoms with E-state index in [2.05, 4.69) is 32.6 Å². The summed E-state index contributed by atoms with van der Waals surface area (Å²) in [7, 11) is 0. The van der Waals surface area contributed by atoms with E-state index < -0.39 is 0 Å². The molecule has 0 amide bonds. The third-order valence-corrected chi connectivity index (χ3v) is 1.31. The fourth-order valence-corrected chi connectivity index (χ4v) is 0.700. The van der Waals surface area contributed by atoms with Crippen LogP contribution in [0.2, 0.25) is 0 Å². The summed E-state index contributed by atoms with van der Waals surface area (Å²) in [5.74, 6) is 0.792. The maximum atomic E-state index is 3.66. The quantitative estimate of drug-likeness (QED) is 0.402. The third kappa shape index (κ3) is 7.48. The zero-order chi connectivity index (χ0) is 7.82. The molecule has 0 nitrogen and oxygen atoms in total. The molecule has 0 rings (SSSR count). The summed E-state index contributed by atoms with van der Waals surface area (Å²) in [5.41, 5.74) is 0. The Hall–Kier alpha value is -0.520. The molecule has 0 aromatic carbocycles. The molecule has 0 aliphatic heterocycles. The van der Waals surface area contributed by atoms with Crippen molar-refractivity contribution in [2.24, 2.45) is 5.92 Å². The van der Waals surface area contributed by atoms with Crippen molar-refractivity contribution >= 4 is 0 Å². The van der Waals surface area contributed by atoms with E-state index in [1.807, 2.05) is 6.08 Å². The smallest absolute Gasteiger partial charge is 0.0316 e. The van der Waals surface area contributed by atoms with E-state index in [1.165, 1.54) is 6.42 Å². The summed E-state index contributed by atoms with van der Waals surface area (Å²) in [5, 5.41) is 0. The first-order valence-corrected chi connectivity index (χ1v) is 4.03. The fourth-order valence-electron chi connectivity index (χ4n) is 0.700. The summed E-state index contributed by atoms with van der Waals surface area (Å²) in [6.45, 7) is 8.13. The lowest BCUT2D eigenvalue weighted by atomic mass is 10.1.